The fraction of sp³-hybridized carbons (Fsp3) is 0.600. The van der Waals surface area contributed by atoms with E-state index in [2.05, 4.69) is 0 Å². The minimum atomic E-state index is -4.17. The second-order valence-corrected chi connectivity index (χ2v) is 4.25. The Morgan fingerprint density at radius 2 is 1.79 bits per heavy atom. The number of hydrogen-bond acceptors (Lipinski definition) is 4. The third kappa shape index (κ3) is 5.65. The molecule has 0 saturated heterocycles. The van der Waals surface area contributed by atoms with Crippen molar-refractivity contribution in [3.63, 3.8) is 0 Å². The van der Waals surface area contributed by atoms with E-state index < -0.39 is 32.2 Å². The highest BCUT2D eigenvalue weighted by molar-refractivity contribution is 7.51. The zero-order chi connectivity index (χ0) is 11.4. The van der Waals surface area contributed by atoms with Crippen molar-refractivity contribution >= 4 is 19.5 Å². The van der Waals surface area contributed by atoms with Crippen LogP contribution in [0.3, 0.4) is 0 Å². The van der Waals surface area contributed by atoms with Gasteiger partial charge in [0.15, 0.2) is 0 Å². The number of carboxylic acids is 1. The SMILES string of the molecule is O=C(O)C(=O)N(O)CCCP(=O)(O)O. The van der Waals surface area contributed by atoms with Crippen molar-refractivity contribution in [1.82, 2.24) is 5.06 Å². The molecule has 8 nitrogen and oxygen atoms in total. The van der Waals surface area contributed by atoms with E-state index in [0.717, 1.165) is 0 Å². The Morgan fingerprint density at radius 1 is 1.29 bits per heavy atom. The van der Waals surface area contributed by atoms with Crippen LogP contribution in [0.5, 0.6) is 0 Å². The van der Waals surface area contributed by atoms with E-state index in [1.165, 1.54) is 0 Å². The fourth-order valence-electron chi connectivity index (χ4n) is 0.638. The normalized spacial score (nSPS) is 11.1. The highest BCUT2D eigenvalue weighted by atomic mass is 31.2. The van der Waals surface area contributed by atoms with Crippen LogP contribution in [0.1, 0.15) is 6.42 Å². The maximum atomic E-state index is 10.5. The molecule has 0 aliphatic heterocycles. The maximum absolute atomic E-state index is 10.5. The Morgan fingerprint density at radius 3 is 2.14 bits per heavy atom. The molecule has 0 aliphatic rings. The molecule has 0 bridgehead atoms. The van der Waals surface area contributed by atoms with Crippen LogP contribution in [0, 0.1) is 0 Å². The van der Waals surface area contributed by atoms with Gasteiger partial charge in [-0.2, -0.15) is 0 Å². The molecule has 82 valence electrons. The van der Waals surface area contributed by atoms with E-state index in [9.17, 15) is 14.2 Å². The van der Waals surface area contributed by atoms with Crippen molar-refractivity contribution in [3.05, 3.63) is 0 Å². The van der Waals surface area contributed by atoms with Gasteiger partial charge in [0.1, 0.15) is 0 Å². The minimum absolute atomic E-state index is 0.0992. The molecule has 0 heterocycles. The molecule has 14 heavy (non-hydrogen) atoms. The van der Waals surface area contributed by atoms with Crippen molar-refractivity contribution in [3.8, 4) is 0 Å². The Balaban J connectivity index is 3.86. The number of hydrogen-bond donors (Lipinski definition) is 4. The second-order valence-electron chi connectivity index (χ2n) is 2.48. The Labute approximate surface area is 78.9 Å². The number of rotatable bonds is 4. The zero-order valence-corrected chi connectivity index (χ0v) is 7.92. The number of carbonyl (C=O) groups is 2. The number of carbonyl (C=O) groups excluding carboxylic acids is 1. The van der Waals surface area contributed by atoms with E-state index in [-0.39, 0.29) is 11.5 Å². The molecule has 0 aliphatic carbocycles. The van der Waals surface area contributed by atoms with Crippen LogP contribution in [0.4, 0.5) is 0 Å². The summed E-state index contributed by atoms with van der Waals surface area (Å²) in [5.74, 6) is -3.36. The van der Waals surface area contributed by atoms with Crippen molar-refractivity contribution in [2.75, 3.05) is 12.7 Å². The molecule has 0 aromatic carbocycles. The first-order valence-electron chi connectivity index (χ1n) is 3.52. The third-order valence-electron chi connectivity index (χ3n) is 1.24. The molecular weight excluding hydrogens is 217 g/mol. The molecule has 0 rings (SSSR count). The summed E-state index contributed by atoms with van der Waals surface area (Å²) in [6, 6.07) is 0. The van der Waals surface area contributed by atoms with Gasteiger partial charge in [0.25, 0.3) is 0 Å². The van der Waals surface area contributed by atoms with Gasteiger partial charge in [-0.1, -0.05) is 0 Å². The lowest BCUT2D eigenvalue weighted by atomic mass is 10.4. The summed E-state index contributed by atoms with van der Waals surface area (Å²) in [5.41, 5.74) is 0. The lowest BCUT2D eigenvalue weighted by Crippen LogP contribution is -2.34. The largest absolute Gasteiger partial charge is 0.474 e. The molecule has 0 atom stereocenters. The van der Waals surface area contributed by atoms with Crippen molar-refractivity contribution < 1.29 is 34.3 Å². The Bertz CT molecular complexity index is 271. The minimum Gasteiger partial charge on any atom is -0.474 e. The van der Waals surface area contributed by atoms with E-state index in [0.29, 0.717) is 0 Å². The van der Waals surface area contributed by atoms with Crippen LogP contribution in [-0.2, 0) is 14.2 Å². The lowest BCUT2D eigenvalue weighted by molar-refractivity contribution is -0.177. The predicted molar refractivity (Wildman–Crippen MR) is 42.7 cm³/mol. The van der Waals surface area contributed by atoms with Gasteiger partial charge in [0.05, 0.1) is 6.16 Å². The van der Waals surface area contributed by atoms with Crippen LogP contribution in [-0.4, -0.2) is 49.7 Å². The quantitative estimate of drug-likeness (QED) is 0.206. The van der Waals surface area contributed by atoms with Gasteiger partial charge in [-0.15, -0.1) is 0 Å². The number of carboxylic acid groups (broad SMARTS) is 1. The molecule has 9 heteroatoms. The molecule has 0 saturated carbocycles. The monoisotopic (exact) mass is 227 g/mol. The summed E-state index contributed by atoms with van der Waals surface area (Å²) in [5, 5.41) is 16.7. The van der Waals surface area contributed by atoms with Gasteiger partial charge in [-0.3, -0.25) is 14.6 Å². The highest BCUT2D eigenvalue weighted by Gasteiger charge is 2.20. The molecule has 0 unspecified atom stereocenters. The van der Waals surface area contributed by atoms with Gasteiger partial charge < -0.3 is 14.9 Å². The molecule has 0 aromatic rings. The molecule has 0 aromatic heterocycles. The average Bonchev–Trinajstić information content (AvgIpc) is 2.00. The first kappa shape index (κ1) is 13.1. The Kier molecular flexibility index (Phi) is 4.72. The molecule has 0 radical (unpaired) electrons. The topological polar surface area (TPSA) is 135 Å². The van der Waals surface area contributed by atoms with Gasteiger partial charge in [-0.05, 0) is 6.42 Å². The summed E-state index contributed by atoms with van der Waals surface area (Å²) >= 11 is 0. The van der Waals surface area contributed by atoms with Crippen molar-refractivity contribution in [2.24, 2.45) is 0 Å². The second kappa shape index (κ2) is 5.06. The summed E-state index contributed by atoms with van der Waals surface area (Å²) < 4.78 is 10.3. The van der Waals surface area contributed by atoms with Gasteiger partial charge >= 0.3 is 19.5 Å². The van der Waals surface area contributed by atoms with Crippen LogP contribution < -0.4 is 0 Å². The van der Waals surface area contributed by atoms with Crippen LogP contribution in [0.2, 0.25) is 0 Å². The summed E-state index contributed by atoms with van der Waals surface area (Å²) in [4.78, 5) is 37.3. The standard InChI is InChI=1S/C5H10NO7P/c7-4(5(8)9)6(10)2-1-3-14(11,12)13/h10H,1-3H2,(H,8,9)(H2,11,12,13). The molecule has 1 amide bonds. The van der Waals surface area contributed by atoms with Crippen LogP contribution >= 0.6 is 7.60 Å². The number of nitrogens with zero attached hydrogens (tertiary/aromatic N) is 1. The van der Waals surface area contributed by atoms with Crippen LogP contribution in [0.25, 0.3) is 0 Å². The molecule has 0 spiro atoms. The first-order chi connectivity index (χ1) is 6.24. The Hall–Kier alpha value is -0.950. The lowest BCUT2D eigenvalue weighted by Gasteiger charge is -2.11. The first-order valence-corrected chi connectivity index (χ1v) is 5.32. The van der Waals surface area contributed by atoms with Crippen molar-refractivity contribution in [1.29, 1.82) is 0 Å². The van der Waals surface area contributed by atoms with Gasteiger partial charge in [0.2, 0.25) is 0 Å². The summed E-state index contributed by atoms with van der Waals surface area (Å²) in [7, 11) is -4.17. The van der Waals surface area contributed by atoms with E-state index >= 15 is 0 Å². The van der Waals surface area contributed by atoms with Gasteiger partial charge in [0, 0.05) is 6.54 Å². The molecule has 4 N–H and O–H groups in total. The molecular formula is C5H10NO7P. The van der Waals surface area contributed by atoms with E-state index in [1.807, 2.05) is 0 Å². The third-order valence-corrected chi connectivity index (χ3v) is 2.14. The van der Waals surface area contributed by atoms with Gasteiger partial charge in [-0.25, -0.2) is 9.86 Å². The highest BCUT2D eigenvalue weighted by Crippen LogP contribution is 2.34. The van der Waals surface area contributed by atoms with E-state index in [1.54, 1.807) is 0 Å². The van der Waals surface area contributed by atoms with Crippen molar-refractivity contribution in [2.45, 2.75) is 6.42 Å². The number of amides is 1. The zero-order valence-electron chi connectivity index (χ0n) is 7.03. The average molecular weight is 227 g/mol. The summed E-state index contributed by atoms with van der Waals surface area (Å²) in [6.45, 7) is -0.434. The number of hydroxylamine groups is 2. The van der Waals surface area contributed by atoms with E-state index in [4.69, 9.17) is 20.1 Å². The summed E-state index contributed by atoms with van der Waals surface area (Å²) in [6.07, 6.45) is -0.698. The molecule has 0 fully saturated rings. The fourth-order valence-corrected chi connectivity index (χ4v) is 1.19. The van der Waals surface area contributed by atoms with Crippen LogP contribution in [0.15, 0.2) is 0 Å². The number of aliphatic carboxylic acids is 1. The predicted octanol–water partition coefficient (Wildman–Crippen LogP) is -1.14. The maximum Gasteiger partial charge on any atom is 0.396 e. The smallest absolute Gasteiger partial charge is 0.396 e.